The molecule has 1 saturated heterocycles. The third-order valence-electron chi connectivity index (χ3n) is 3.88. The van der Waals surface area contributed by atoms with E-state index >= 15 is 0 Å². The van der Waals surface area contributed by atoms with Gasteiger partial charge < -0.3 is 5.32 Å². The molecule has 1 aliphatic rings. The number of nitrogens with two attached hydrogens (primary N) is 1. The lowest BCUT2D eigenvalue weighted by atomic mass is 9.98. The largest absolute Gasteiger partial charge is 0.351 e. The van der Waals surface area contributed by atoms with Gasteiger partial charge in [0.25, 0.3) is 10.2 Å². The highest BCUT2D eigenvalue weighted by Crippen LogP contribution is 2.15. The molecule has 1 aromatic carbocycles. The predicted molar refractivity (Wildman–Crippen MR) is 88.6 cm³/mol. The van der Waals surface area contributed by atoms with Crippen molar-refractivity contribution in [2.75, 3.05) is 26.2 Å². The van der Waals surface area contributed by atoms with Crippen LogP contribution in [0.4, 0.5) is 0 Å². The highest BCUT2D eigenvalue weighted by Gasteiger charge is 2.22. The second kappa shape index (κ2) is 8.39. The highest BCUT2D eigenvalue weighted by molar-refractivity contribution is 7.87. The molecule has 0 spiro atoms. The van der Waals surface area contributed by atoms with Gasteiger partial charge in [0.2, 0.25) is 5.91 Å². The molecule has 23 heavy (non-hydrogen) atoms. The van der Waals surface area contributed by atoms with E-state index in [-0.39, 0.29) is 11.8 Å². The Morgan fingerprint density at radius 2 is 2.04 bits per heavy atom. The minimum atomic E-state index is -3.65. The third-order valence-corrected chi connectivity index (χ3v) is 4.45. The predicted octanol–water partition coefficient (Wildman–Crippen LogP) is -0.192. The van der Waals surface area contributed by atoms with Crippen LogP contribution in [0.15, 0.2) is 30.3 Å². The first-order valence-corrected chi connectivity index (χ1v) is 9.27. The smallest absolute Gasteiger partial charge is 0.274 e. The summed E-state index contributed by atoms with van der Waals surface area (Å²) < 4.78 is 24.2. The minimum absolute atomic E-state index is 0.0195. The van der Waals surface area contributed by atoms with Crippen LogP contribution in [0.25, 0.3) is 0 Å². The van der Waals surface area contributed by atoms with Gasteiger partial charge in [-0.15, -0.1) is 0 Å². The summed E-state index contributed by atoms with van der Waals surface area (Å²) in [4.78, 5) is 14.1. The average Bonchev–Trinajstić information content (AvgIpc) is 2.52. The van der Waals surface area contributed by atoms with Gasteiger partial charge in [0.15, 0.2) is 0 Å². The van der Waals surface area contributed by atoms with Crippen LogP contribution in [0.1, 0.15) is 18.4 Å². The summed E-state index contributed by atoms with van der Waals surface area (Å²) in [5.41, 5.74) is 1.06. The molecule has 2 rings (SSSR count). The van der Waals surface area contributed by atoms with Crippen LogP contribution in [-0.4, -0.2) is 45.4 Å². The molecule has 1 aromatic rings. The Kier molecular flexibility index (Phi) is 6.52. The van der Waals surface area contributed by atoms with E-state index < -0.39 is 10.2 Å². The zero-order valence-electron chi connectivity index (χ0n) is 13.1. The summed E-state index contributed by atoms with van der Waals surface area (Å²) in [5.74, 6) is 0.165. The van der Waals surface area contributed by atoms with E-state index in [4.69, 9.17) is 5.14 Å². The lowest BCUT2D eigenvalue weighted by Crippen LogP contribution is -2.45. The maximum absolute atomic E-state index is 12.0. The summed E-state index contributed by atoms with van der Waals surface area (Å²) in [7, 11) is -3.65. The molecule has 0 unspecified atom stereocenters. The summed E-state index contributed by atoms with van der Waals surface area (Å²) in [6.07, 6.45) is 1.88. The SMILES string of the molecule is NS(=O)(=O)NC[C@H]1CCCN(CC(=O)NCc2ccccc2)C1. The number of hydrogen-bond donors (Lipinski definition) is 3. The van der Waals surface area contributed by atoms with Crippen LogP contribution < -0.4 is 15.2 Å². The summed E-state index contributed by atoms with van der Waals surface area (Å²) in [5, 5.41) is 7.85. The van der Waals surface area contributed by atoms with E-state index in [9.17, 15) is 13.2 Å². The van der Waals surface area contributed by atoms with Gasteiger partial charge in [-0.1, -0.05) is 30.3 Å². The van der Waals surface area contributed by atoms with Crippen molar-refractivity contribution in [3.05, 3.63) is 35.9 Å². The molecular formula is C15H24N4O3S. The lowest BCUT2D eigenvalue weighted by molar-refractivity contribution is -0.122. The van der Waals surface area contributed by atoms with Crippen LogP contribution in [0.5, 0.6) is 0 Å². The van der Waals surface area contributed by atoms with E-state index in [0.717, 1.165) is 24.9 Å². The van der Waals surface area contributed by atoms with Crippen LogP contribution in [0, 0.1) is 5.92 Å². The van der Waals surface area contributed by atoms with Crippen molar-refractivity contribution in [1.29, 1.82) is 0 Å². The molecule has 8 heteroatoms. The van der Waals surface area contributed by atoms with Crippen molar-refractivity contribution in [3.8, 4) is 0 Å². The molecule has 0 aliphatic carbocycles. The van der Waals surface area contributed by atoms with E-state index in [2.05, 4.69) is 14.9 Å². The first-order chi connectivity index (χ1) is 10.9. The van der Waals surface area contributed by atoms with Crippen LogP contribution in [0.2, 0.25) is 0 Å². The number of likely N-dealkylation sites (tertiary alicyclic amines) is 1. The number of carbonyl (C=O) groups excluding carboxylic acids is 1. The number of amides is 1. The van der Waals surface area contributed by atoms with Crippen molar-refractivity contribution < 1.29 is 13.2 Å². The van der Waals surface area contributed by atoms with Gasteiger partial charge in [-0.25, -0.2) is 9.86 Å². The van der Waals surface area contributed by atoms with Crippen molar-refractivity contribution in [3.63, 3.8) is 0 Å². The topological polar surface area (TPSA) is 105 Å². The van der Waals surface area contributed by atoms with Gasteiger partial charge in [-0.3, -0.25) is 9.69 Å². The summed E-state index contributed by atoms with van der Waals surface area (Å²) in [6, 6.07) is 9.76. The molecule has 7 nitrogen and oxygen atoms in total. The Balaban J connectivity index is 1.72. The van der Waals surface area contributed by atoms with Gasteiger partial charge in [0.05, 0.1) is 6.54 Å². The molecule has 1 aliphatic heterocycles. The molecule has 1 atom stereocenters. The quantitative estimate of drug-likeness (QED) is 0.640. The fourth-order valence-corrected chi connectivity index (χ4v) is 3.22. The second-order valence-electron chi connectivity index (χ2n) is 5.90. The van der Waals surface area contributed by atoms with E-state index in [1.807, 2.05) is 30.3 Å². The van der Waals surface area contributed by atoms with Gasteiger partial charge in [0.1, 0.15) is 0 Å². The van der Waals surface area contributed by atoms with Crippen molar-refractivity contribution in [2.24, 2.45) is 11.1 Å². The highest BCUT2D eigenvalue weighted by atomic mass is 32.2. The zero-order chi connectivity index (χ0) is 16.7. The molecule has 0 aromatic heterocycles. The second-order valence-corrected chi connectivity index (χ2v) is 7.28. The molecule has 0 bridgehead atoms. The molecule has 128 valence electrons. The van der Waals surface area contributed by atoms with Crippen molar-refractivity contribution >= 4 is 16.1 Å². The van der Waals surface area contributed by atoms with E-state index in [1.54, 1.807) is 0 Å². The fraction of sp³-hybridized carbons (Fsp3) is 0.533. The average molecular weight is 340 g/mol. The number of nitrogens with one attached hydrogen (secondary N) is 2. The molecule has 1 heterocycles. The number of nitrogens with zero attached hydrogens (tertiary/aromatic N) is 1. The van der Waals surface area contributed by atoms with Crippen LogP contribution in [-0.2, 0) is 21.5 Å². The van der Waals surface area contributed by atoms with Gasteiger partial charge in [-0.05, 0) is 30.9 Å². The molecular weight excluding hydrogens is 316 g/mol. The van der Waals surface area contributed by atoms with Gasteiger partial charge >= 0.3 is 0 Å². The monoisotopic (exact) mass is 340 g/mol. The third kappa shape index (κ3) is 7.08. The number of benzene rings is 1. The Morgan fingerprint density at radius 3 is 2.74 bits per heavy atom. The standard InChI is InChI=1S/C15H24N4O3S/c16-23(21,22)18-10-14-7-4-8-19(11-14)12-15(20)17-9-13-5-2-1-3-6-13/h1-3,5-6,14,18H,4,7-12H2,(H,17,20)(H2,16,21,22)/t14-/m1/s1. The first kappa shape index (κ1) is 17.9. The van der Waals surface area contributed by atoms with Crippen LogP contribution in [0.3, 0.4) is 0 Å². The Labute approximate surface area is 137 Å². The normalized spacial score (nSPS) is 19.4. The van der Waals surface area contributed by atoms with E-state index in [1.165, 1.54) is 0 Å². The number of rotatable bonds is 7. The van der Waals surface area contributed by atoms with Gasteiger partial charge in [-0.2, -0.15) is 8.42 Å². The number of piperidine rings is 1. The van der Waals surface area contributed by atoms with Crippen LogP contribution >= 0.6 is 0 Å². The Hall–Kier alpha value is -1.48. The zero-order valence-corrected chi connectivity index (χ0v) is 13.9. The minimum Gasteiger partial charge on any atom is -0.351 e. The lowest BCUT2D eigenvalue weighted by Gasteiger charge is -2.32. The maximum Gasteiger partial charge on any atom is 0.274 e. The fourth-order valence-electron chi connectivity index (χ4n) is 2.75. The van der Waals surface area contributed by atoms with E-state index in [0.29, 0.717) is 26.2 Å². The molecule has 1 amide bonds. The maximum atomic E-state index is 12.0. The molecule has 4 N–H and O–H groups in total. The molecule has 0 saturated carbocycles. The molecule has 0 radical (unpaired) electrons. The summed E-state index contributed by atoms with van der Waals surface area (Å²) in [6.45, 7) is 2.72. The molecule has 1 fully saturated rings. The first-order valence-electron chi connectivity index (χ1n) is 7.73. The van der Waals surface area contributed by atoms with Gasteiger partial charge in [0, 0.05) is 19.6 Å². The number of hydrogen-bond acceptors (Lipinski definition) is 4. The Morgan fingerprint density at radius 1 is 1.30 bits per heavy atom. The number of carbonyl (C=O) groups is 1. The van der Waals surface area contributed by atoms with Crippen molar-refractivity contribution in [2.45, 2.75) is 19.4 Å². The Bertz CT molecular complexity index is 606. The summed E-state index contributed by atoms with van der Waals surface area (Å²) >= 11 is 0. The van der Waals surface area contributed by atoms with Crippen molar-refractivity contribution in [1.82, 2.24) is 14.9 Å².